The molecule has 7 nitrogen and oxygen atoms in total. The summed E-state index contributed by atoms with van der Waals surface area (Å²) in [7, 11) is 1.81. The molecular weight excluding hydrogens is 260 g/mol. The van der Waals surface area contributed by atoms with Crippen molar-refractivity contribution in [2.24, 2.45) is 12.5 Å². The van der Waals surface area contributed by atoms with Gasteiger partial charge in [0.1, 0.15) is 5.41 Å². The van der Waals surface area contributed by atoms with Gasteiger partial charge in [-0.3, -0.25) is 24.5 Å². The van der Waals surface area contributed by atoms with Gasteiger partial charge in [-0.05, 0) is 18.9 Å². The zero-order valence-electron chi connectivity index (χ0n) is 11.3. The molecule has 2 heterocycles. The Kier molecular flexibility index (Phi) is 2.84. The first-order chi connectivity index (χ1) is 9.54. The van der Waals surface area contributed by atoms with Crippen LogP contribution in [0.1, 0.15) is 25.0 Å². The van der Waals surface area contributed by atoms with Crippen LogP contribution in [0, 0.1) is 5.41 Å². The molecule has 0 unspecified atom stereocenters. The highest BCUT2D eigenvalue weighted by atomic mass is 16.2. The molecule has 0 atom stereocenters. The van der Waals surface area contributed by atoms with E-state index in [-0.39, 0.29) is 12.5 Å². The lowest BCUT2D eigenvalue weighted by atomic mass is 9.66. The van der Waals surface area contributed by atoms with Crippen LogP contribution in [0.3, 0.4) is 0 Å². The van der Waals surface area contributed by atoms with Gasteiger partial charge in [0.25, 0.3) is 0 Å². The number of rotatable bonds is 3. The maximum atomic E-state index is 12.4. The second kappa shape index (κ2) is 4.43. The van der Waals surface area contributed by atoms with Crippen LogP contribution in [0.4, 0.5) is 4.79 Å². The molecule has 106 valence electrons. The van der Waals surface area contributed by atoms with E-state index in [0.29, 0.717) is 19.3 Å². The first-order valence-electron chi connectivity index (χ1n) is 6.69. The number of nitrogens with one attached hydrogen (secondary N) is 1. The van der Waals surface area contributed by atoms with Crippen molar-refractivity contribution in [2.45, 2.75) is 25.7 Å². The summed E-state index contributed by atoms with van der Waals surface area (Å²) in [5, 5.41) is 6.35. The standard InChI is InChI=1S/C13H16N4O3/c1-16-9(3-7-14-16)4-8-17-11(19)13(5-2-6-13)10(18)15-12(17)20/h3,7H,2,4-6,8H2,1H3,(H,15,18,20). The van der Waals surface area contributed by atoms with Crippen molar-refractivity contribution in [3.63, 3.8) is 0 Å². The summed E-state index contributed by atoms with van der Waals surface area (Å²) in [6.07, 6.45) is 4.12. The maximum Gasteiger partial charge on any atom is 0.330 e. The first kappa shape index (κ1) is 12.8. The molecule has 1 aliphatic carbocycles. The topological polar surface area (TPSA) is 84.3 Å². The number of aryl methyl sites for hydroxylation is 1. The minimum Gasteiger partial charge on any atom is -0.277 e. The normalized spacial score (nSPS) is 21.1. The second-order valence-corrected chi connectivity index (χ2v) is 5.35. The first-order valence-corrected chi connectivity index (χ1v) is 6.69. The van der Waals surface area contributed by atoms with Crippen LogP contribution in [0.5, 0.6) is 0 Å². The van der Waals surface area contributed by atoms with Crippen LogP contribution in [0.25, 0.3) is 0 Å². The van der Waals surface area contributed by atoms with E-state index in [9.17, 15) is 14.4 Å². The van der Waals surface area contributed by atoms with Gasteiger partial charge >= 0.3 is 6.03 Å². The van der Waals surface area contributed by atoms with E-state index >= 15 is 0 Å². The fourth-order valence-electron chi connectivity index (χ4n) is 2.78. The Morgan fingerprint density at radius 1 is 1.35 bits per heavy atom. The quantitative estimate of drug-likeness (QED) is 0.800. The van der Waals surface area contributed by atoms with Crippen LogP contribution in [0.2, 0.25) is 0 Å². The van der Waals surface area contributed by atoms with Gasteiger partial charge in [0, 0.05) is 31.9 Å². The maximum absolute atomic E-state index is 12.4. The summed E-state index contributed by atoms with van der Waals surface area (Å²) in [5.74, 6) is -0.782. The Labute approximate surface area is 115 Å². The van der Waals surface area contributed by atoms with Gasteiger partial charge in [-0.1, -0.05) is 6.42 Å². The fourth-order valence-corrected chi connectivity index (χ4v) is 2.78. The van der Waals surface area contributed by atoms with Gasteiger partial charge in [-0.15, -0.1) is 0 Å². The van der Waals surface area contributed by atoms with Crippen LogP contribution in [-0.2, 0) is 23.1 Å². The summed E-state index contributed by atoms with van der Waals surface area (Å²) < 4.78 is 1.70. The van der Waals surface area contributed by atoms with Gasteiger partial charge < -0.3 is 0 Å². The van der Waals surface area contributed by atoms with E-state index in [1.54, 1.807) is 10.9 Å². The number of urea groups is 1. The highest BCUT2D eigenvalue weighted by Crippen LogP contribution is 2.44. The van der Waals surface area contributed by atoms with Crippen molar-refractivity contribution in [3.8, 4) is 0 Å². The molecule has 0 aromatic carbocycles. The van der Waals surface area contributed by atoms with Gasteiger partial charge in [0.05, 0.1) is 0 Å². The van der Waals surface area contributed by atoms with Crippen molar-refractivity contribution < 1.29 is 14.4 Å². The fraction of sp³-hybridized carbons (Fsp3) is 0.538. The van der Waals surface area contributed by atoms with Crippen LogP contribution >= 0.6 is 0 Å². The smallest absolute Gasteiger partial charge is 0.277 e. The third kappa shape index (κ3) is 1.73. The SMILES string of the molecule is Cn1nccc1CCN1C(=O)NC(=O)C2(CCC2)C1=O. The largest absolute Gasteiger partial charge is 0.330 e. The van der Waals surface area contributed by atoms with E-state index in [1.165, 1.54) is 0 Å². The number of hydrogen-bond acceptors (Lipinski definition) is 4. The molecule has 1 saturated carbocycles. The number of barbiturate groups is 1. The molecule has 1 N–H and O–H groups in total. The van der Waals surface area contributed by atoms with E-state index in [4.69, 9.17) is 0 Å². The molecule has 2 fully saturated rings. The molecule has 1 spiro atoms. The van der Waals surface area contributed by atoms with Crippen molar-refractivity contribution in [1.29, 1.82) is 0 Å². The van der Waals surface area contributed by atoms with E-state index < -0.39 is 17.4 Å². The molecule has 1 aromatic rings. The monoisotopic (exact) mass is 276 g/mol. The van der Waals surface area contributed by atoms with E-state index in [0.717, 1.165) is 17.0 Å². The second-order valence-electron chi connectivity index (χ2n) is 5.35. The average Bonchev–Trinajstić information content (AvgIpc) is 2.72. The summed E-state index contributed by atoms with van der Waals surface area (Å²) in [4.78, 5) is 37.3. The van der Waals surface area contributed by atoms with E-state index in [1.807, 2.05) is 13.1 Å². The molecule has 1 saturated heterocycles. The van der Waals surface area contributed by atoms with Crippen LogP contribution in [0.15, 0.2) is 12.3 Å². The molecule has 0 radical (unpaired) electrons. The minimum absolute atomic E-state index is 0.263. The van der Waals surface area contributed by atoms with Crippen molar-refractivity contribution in [1.82, 2.24) is 20.0 Å². The Balaban J connectivity index is 1.75. The Morgan fingerprint density at radius 3 is 2.65 bits per heavy atom. The molecule has 7 heteroatoms. The number of carbonyl (C=O) groups excluding carboxylic acids is 3. The predicted molar refractivity (Wildman–Crippen MR) is 68.4 cm³/mol. The third-order valence-corrected chi connectivity index (χ3v) is 4.28. The summed E-state index contributed by atoms with van der Waals surface area (Å²) in [6, 6.07) is 1.23. The Hall–Kier alpha value is -2.18. The van der Waals surface area contributed by atoms with Gasteiger partial charge in [0.2, 0.25) is 11.8 Å². The lowest BCUT2D eigenvalue weighted by molar-refractivity contribution is -0.157. The number of hydrogen-bond donors (Lipinski definition) is 1. The molecule has 1 aromatic heterocycles. The molecule has 20 heavy (non-hydrogen) atoms. The highest BCUT2D eigenvalue weighted by Gasteiger charge is 2.57. The van der Waals surface area contributed by atoms with E-state index in [2.05, 4.69) is 10.4 Å². The lowest BCUT2D eigenvalue weighted by Crippen LogP contribution is -2.66. The van der Waals surface area contributed by atoms with Crippen molar-refractivity contribution in [3.05, 3.63) is 18.0 Å². The Morgan fingerprint density at radius 2 is 2.10 bits per heavy atom. The summed E-state index contributed by atoms with van der Waals surface area (Å²) in [5.41, 5.74) is -0.0504. The zero-order chi connectivity index (χ0) is 14.3. The average molecular weight is 276 g/mol. The lowest BCUT2D eigenvalue weighted by Gasteiger charge is -2.44. The summed E-state index contributed by atoms with van der Waals surface area (Å²) >= 11 is 0. The molecule has 1 aliphatic heterocycles. The Bertz CT molecular complexity index is 588. The number of aromatic nitrogens is 2. The van der Waals surface area contributed by atoms with Gasteiger partial charge in [-0.25, -0.2) is 4.79 Å². The predicted octanol–water partition coefficient (Wildman–Crippen LogP) is 0.211. The summed E-state index contributed by atoms with van der Waals surface area (Å²) in [6.45, 7) is 0.263. The number of carbonyl (C=O) groups is 3. The zero-order valence-corrected chi connectivity index (χ0v) is 11.3. The van der Waals surface area contributed by atoms with Crippen molar-refractivity contribution >= 4 is 17.8 Å². The van der Waals surface area contributed by atoms with Crippen LogP contribution in [-0.4, -0.2) is 39.1 Å². The number of nitrogens with zero attached hydrogens (tertiary/aromatic N) is 3. The van der Waals surface area contributed by atoms with Gasteiger partial charge in [0.15, 0.2) is 0 Å². The van der Waals surface area contributed by atoms with Gasteiger partial charge in [-0.2, -0.15) is 5.10 Å². The molecule has 0 bridgehead atoms. The molecular formula is C13H16N4O3. The minimum atomic E-state index is -0.986. The highest BCUT2D eigenvalue weighted by molar-refractivity contribution is 6.19. The number of amides is 4. The molecule has 3 rings (SSSR count). The van der Waals surface area contributed by atoms with Crippen LogP contribution < -0.4 is 5.32 Å². The molecule has 4 amide bonds. The number of imide groups is 2. The molecule has 2 aliphatic rings. The van der Waals surface area contributed by atoms with Crippen molar-refractivity contribution in [2.75, 3.05) is 6.54 Å². The third-order valence-electron chi connectivity index (χ3n) is 4.28.